The summed E-state index contributed by atoms with van der Waals surface area (Å²) in [5.74, 6) is 2.32. The van der Waals surface area contributed by atoms with Gasteiger partial charge < -0.3 is 9.15 Å². The van der Waals surface area contributed by atoms with Crippen molar-refractivity contribution >= 4 is 0 Å². The molecular formula is C18H26N4O2. The fourth-order valence-electron chi connectivity index (χ4n) is 3.01. The van der Waals surface area contributed by atoms with Crippen LogP contribution in [0.25, 0.3) is 0 Å². The molecule has 1 aromatic carbocycles. The minimum absolute atomic E-state index is 0.177. The molecule has 3 rings (SSSR count). The lowest BCUT2D eigenvalue weighted by atomic mass is 10.2. The van der Waals surface area contributed by atoms with E-state index in [0.717, 1.165) is 45.1 Å². The van der Waals surface area contributed by atoms with Crippen molar-refractivity contribution in [2.45, 2.75) is 26.8 Å². The average molecular weight is 330 g/mol. The van der Waals surface area contributed by atoms with Gasteiger partial charge >= 0.3 is 0 Å². The Balaban J connectivity index is 1.41. The molecule has 1 aliphatic rings. The molecule has 1 fully saturated rings. The van der Waals surface area contributed by atoms with Gasteiger partial charge in [-0.25, -0.2) is 0 Å². The first kappa shape index (κ1) is 16.9. The predicted molar refractivity (Wildman–Crippen MR) is 92.1 cm³/mol. The zero-order chi connectivity index (χ0) is 16.9. The molecule has 6 nitrogen and oxygen atoms in total. The maximum atomic E-state index is 5.90. The molecule has 1 aliphatic heterocycles. The van der Waals surface area contributed by atoms with E-state index in [0.29, 0.717) is 11.8 Å². The van der Waals surface area contributed by atoms with E-state index in [1.807, 2.05) is 25.1 Å². The molecule has 0 radical (unpaired) electrons. The summed E-state index contributed by atoms with van der Waals surface area (Å²) in [5.41, 5.74) is 1.19. The first-order chi connectivity index (χ1) is 11.6. The molecule has 1 atom stereocenters. The molecule has 0 aliphatic carbocycles. The van der Waals surface area contributed by atoms with Gasteiger partial charge in [0, 0.05) is 39.6 Å². The Kier molecular flexibility index (Phi) is 5.48. The van der Waals surface area contributed by atoms with Crippen LogP contribution in [0.2, 0.25) is 0 Å². The van der Waals surface area contributed by atoms with Gasteiger partial charge in [-0.2, -0.15) is 0 Å². The maximum Gasteiger partial charge on any atom is 0.233 e. The van der Waals surface area contributed by atoms with Crippen LogP contribution in [-0.2, 0) is 0 Å². The van der Waals surface area contributed by atoms with E-state index in [9.17, 15) is 0 Å². The van der Waals surface area contributed by atoms with Crippen LogP contribution in [0, 0.1) is 13.8 Å². The van der Waals surface area contributed by atoms with Gasteiger partial charge in [-0.1, -0.05) is 18.2 Å². The van der Waals surface area contributed by atoms with Gasteiger partial charge in [0.1, 0.15) is 12.4 Å². The maximum absolute atomic E-state index is 5.90. The largest absolute Gasteiger partial charge is 0.492 e. The third kappa shape index (κ3) is 4.13. The third-order valence-electron chi connectivity index (χ3n) is 4.61. The Hall–Kier alpha value is -1.92. The van der Waals surface area contributed by atoms with Crippen LogP contribution < -0.4 is 4.74 Å². The minimum Gasteiger partial charge on any atom is -0.492 e. The Labute approximate surface area is 143 Å². The normalized spacial score (nSPS) is 17.8. The first-order valence-corrected chi connectivity index (χ1v) is 8.58. The molecule has 130 valence electrons. The molecule has 0 unspecified atom stereocenters. The number of ether oxygens (including phenoxy) is 1. The third-order valence-corrected chi connectivity index (χ3v) is 4.61. The standard InChI is InChI=1S/C18H26N4O2/c1-14-6-4-5-7-17(14)23-13-12-21-8-10-22(11-9-21)15(2)18-20-19-16(3)24-18/h4-7,15H,8-13H2,1-3H3/t15-/m1/s1. The summed E-state index contributed by atoms with van der Waals surface area (Å²) in [7, 11) is 0. The second-order valence-corrected chi connectivity index (χ2v) is 6.33. The highest BCUT2D eigenvalue weighted by molar-refractivity contribution is 5.31. The molecule has 1 saturated heterocycles. The van der Waals surface area contributed by atoms with Crippen molar-refractivity contribution in [2.24, 2.45) is 0 Å². The fraction of sp³-hybridized carbons (Fsp3) is 0.556. The van der Waals surface area contributed by atoms with Crippen molar-refractivity contribution < 1.29 is 9.15 Å². The van der Waals surface area contributed by atoms with Crippen LogP contribution in [0.15, 0.2) is 28.7 Å². The fourth-order valence-corrected chi connectivity index (χ4v) is 3.01. The van der Waals surface area contributed by atoms with Crippen LogP contribution in [0.3, 0.4) is 0 Å². The van der Waals surface area contributed by atoms with Gasteiger partial charge in [-0.15, -0.1) is 10.2 Å². The zero-order valence-corrected chi connectivity index (χ0v) is 14.7. The Morgan fingerprint density at radius 1 is 1.12 bits per heavy atom. The second-order valence-electron chi connectivity index (χ2n) is 6.33. The van der Waals surface area contributed by atoms with Gasteiger partial charge in [0.15, 0.2) is 0 Å². The summed E-state index contributed by atoms with van der Waals surface area (Å²) in [6.45, 7) is 11.8. The van der Waals surface area contributed by atoms with E-state index in [1.54, 1.807) is 0 Å². The molecule has 24 heavy (non-hydrogen) atoms. The van der Waals surface area contributed by atoms with Crippen LogP contribution in [0.5, 0.6) is 5.75 Å². The van der Waals surface area contributed by atoms with Gasteiger partial charge in [-0.3, -0.25) is 9.80 Å². The molecule has 2 aromatic rings. The van der Waals surface area contributed by atoms with Gasteiger partial charge in [0.2, 0.25) is 11.8 Å². The van der Waals surface area contributed by atoms with E-state index >= 15 is 0 Å². The van der Waals surface area contributed by atoms with E-state index in [1.165, 1.54) is 5.56 Å². The molecule has 0 bridgehead atoms. The molecule has 0 spiro atoms. The zero-order valence-electron chi connectivity index (χ0n) is 14.7. The number of aromatic nitrogens is 2. The summed E-state index contributed by atoms with van der Waals surface area (Å²) in [4.78, 5) is 4.84. The number of nitrogens with zero attached hydrogens (tertiary/aromatic N) is 4. The average Bonchev–Trinajstić information content (AvgIpc) is 3.03. The van der Waals surface area contributed by atoms with Crippen molar-refractivity contribution in [3.05, 3.63) is 41.6 Å². The van der Waals surface area contributed by atoms with Crippen molar-refractivity contribution in [2.75, 3.05) is 39.3 Å². The Morgan fingerprint density at radius 3 is 2.54 bits per heavy atom. The summed E-state index contributed by atoms with van der Waals surface area (Å²) in [6.07, 6.45) is 0. The smallest absolute Gasteiger partial charge is 0.233 e. The molecule has 0 saturated carbocycles. The highest BCUT2D eigenvalue weighted by atomic mass is 16.5. The van der Waals surface area contributed by atoms with E-state index < -0.39 is 0 Å². The van der Waals surface area contributed by atoms with Gasteiger partial charge in [0.05, 0.1) is 6.04 Å². The number of hydrogen-bond acceptors (Lipinski definition) is 6. The van der Waals surface area contributed by atoms with E-state index in [4.69, 9.17) is 9.15 Å². The van der Waals surface area contributed by atoms with Crippen molar-refractivity contribution in [3.8, 4) is 5.75 Å². The molecule has 6 heteroatoms. The number of hydrogen-bond donors (Lipinski definition) is 0. The lowest BCUT2D eigenvalue weighted by molar-refractivity contribution is 0.0821. The summed E-state index contributed by atoms with van der Waals surface area (Å²) in [6, 6.07) is 8.34. The van der Waals surface area contributed by atoms with Crippen LogP contribution >= 0.6 is 0 Å². The Bertz CT molecular complexity index is 650. The van der Waals surface area contributed by atoms with Crippen LogP contribution in [0.4, 0.5) is 0 Å². The van der Waals surface area contributed by atoms with Crippen molar-refractivity contribution in [3.63, 3.8) is 0 Å². The lowest BCUT2D eigenvalue weighted by Gasteiger charge is -2.36. The topological polar surface area (TPSA) is 54.6 Å². The quantitative estimate of drug-likeness (QED) is 0.811. The molecule has 0 N–H and O–H groups in total. The minimum atomic E-state index is 0.177. The lowest BCUT2D eigenvalue weighted by Crippen LogP contribution is -2.48. The number of para-hydroxylation sites is 1. The SMILES string of the molecule is Cc1nnc([C@@H](C)N2CCN(CCOc3ccccc3C)CC2)o1. The summed E-state index contributed by atoms with van der Waals surface area (Å²) in [5, 5.41) is 8.06. The van der Waals surface area contributed by atoms with E-state index in [-0.39, 0.29) is 6.04 Å². The van der Waals surface area contributed by atoms with Gasteiger partial charge in [-0.05, 0) is 25.5 Å². The predicted octanol–water partition coefficient (Wildman–Crippen LogP) is 2.44. The number of rotatable bonds is 6. The number of piperazine rings is 1. The highest BCUT2D eigenvalue weighted by Gasteiger charge is 2.25. The van der Waals surface area contributed by atoms with E-state index in [2.05, 4.69) is 39.9 Å². The Morgan fingerprint density at radius 2 is 1.88 bits per heavy atom. The molecule has 2 heterocycles. The highest BCUT2D eigenvalue weighted by Crippen LogP contribution is 2.20. The second kappa shape index (κ2) is 7.77. The van der Waals surface area contributed by atoms with Crippen molar-refractivity contribution in [1.82, 2.24) is 20.0 Å². The number of benzene rings is 1. The van der Waals surface area contributed by atoms with Crippen LogP contribution in [0.1, 0.15) is 30.3 Å². The molecular weight excluding hydrogens is 304 g/mol. The first-order valence-electron chi connectivity index (χ1n) is 8.58. The van der Waals surface area contributed by atoms with Crippen molar-refractivity contribution in [1.29, 1.82) is 0 Å². The number of aryl methyl sites for hydroxylation is 2. The monoisotopic (exact) mass is 330 g/mol. The summed E-state index contributed by atoms with van der Waals surface area (Å²) < 4.78 is 11.5. The molecule has 0 amide bonds. The van der Waals surface area contributed by atoms with Crippen LogP contribution in [-0.4, -0.2) is 59.3 Å². The summed E-state index contributed by atoms with van der Waals surface area (Å²) >= 11 is 0. The molecule has 1 aromatic heterocycles. The van der Waals surface area contributed by atoms with Gasteiger partial charge in [0.25, 0.3) is 0 Å².